The summed E-state index contributed by atoms with van der Waals surface area (Å²) in [7, 11) is 0. The normalized spacial score (nSPS) is 44.8. The second kappa shape index (κ2) is 2.69. The molecule has 2 fully saturated rings. The molecule has 2 rings (SSSR count). The third-order valence-corrected chi connectivity index (χ3v) is 3.75. The molecular weight excluding hydrogens is 166 g/mol. The molecule has 1 N–H and O–H groups in total. The summed E-state index contributed by atoms with van der Waals surface area (Å²) in [6, 6.07) is 0. The number of rotatable bonds is 0. The van der Waals surface area contributed by atoms with Crippen molar-refractivity contribution in [3.05, 3.63) is 0 Å². The van der Waals surface area contributed by atoms with Gasteiger partial charge in [-0.2, -0.15) is 5.06 Å². The quantitative estimate of drug-likeness (QED) is 0.626. The molecule has 0 spiro atoms. The lowest BCUT2D eigenvalue weighted by Crippen LogP contribution is -2.63. The lowest BCUT2D eigenvalue weighted by molar-refractivity contribution is -0.350. The molecule has 2 atom stereocenters. The standard InChI is InChI=1S/C10H19NO2/c1-9(2)11(12)10(3)6-4-5-8(10)7-13-9/h8,12H,4-7H2,1-3H3/t8-,10-/m1/s1. The molecule has 0 aromatic heterocycles. The lowest BCUT2D eigenvalue weighted by atomic mass is 9.86. The average Bonchev–Trinajstić information content (AvgIpc) is 2.42. The summed E-state index contributed by atoms with van der Waals surface area (Å²) < 4.78 is 5.63. The van der Waals surface area contributed by atoms with Gasteiger partial charge in [0, 0.05) is 5.92 Å². The van der Waals surface area contributed by atoms with Crippen LogP contribution < -0.4 is 0 Å². The number of ether oxygens (including phenoxy) is 1. The molecule has 1 saturated carbocycles. The Hall–Kier alpha value is -0.120. The molecule has 0 aromatic rings. The Morgan fingerprint density at radius 3 is 2.77 bits per heavy atom. The fraction of sp³-hybridized carbons (Fsp3) is 1.00. The minimum atomic E-state index is -0.518. The summed E-state index contributed by atoms with van der Waals surface area (Å²) in [5.41, 5.74) is -0.572. The van der Waals surface area contributed by atoms with E-state index < -0.39 is 5.72 Å². The molecule has 0 aromatic carbocycles. The van der Waals surface area contributed by atoms with E-state index in [2.05, 4.69) is 6.92 Å². The van der Waals surface area contributed by atoms with E-state index in [0.717, 1.165) is 13.0 Å². The number of fused-ring (bicyclic) bond motifs is 1. The van der Waals surface area contributed by atoms with Gasteiger partial charge in [0.05, 0.1) is 12.1 Å². The maximum atomic E-state index is 10.1. The highest BCUT2D eigenvalue weighted by Gasteiger charge is 2.52. The average molecular weight is 185 g/mol. The van der Waals surface area contributed by atoms with Crippen LogP contribution in [0.1, 0.15) is 40.0 Å². The highest BCUT2D eigenvalue weighted by Crippen LogP contribution is 2.46. The molecular formula is C10H19NO2. The maximum absolute atomic E-state index is 10.1. The van der Waals surface area contributed by atoms with Gasteiger partial charge in [0.15, 0.2) is 0 Å². The van der Waals surface area contributed by atoms with Gasteiger partial charge in [-0.15, -0.1) is 0 Å². The van der Waals surface area contributed by atoms with Crippen LogP contribution in [0.4, 0.5) is 0 Å². The van der Waals surface area contributed by atoms with Gasteiger partial charge in [-0.25, -0.2) is 0 Å². The van der Waals surface area contributed by atoms with Crippen LogP contribution in [0.5, 0.6) is 0 Å². The third kappa shape index (κ3) is 1.22. The van der Waals surface area contributed by atoms with E-state index >= 15 is 0 Å². The number of hydrogen-bond acceptors (Lipinski definition) is 3. The van der Waals surface area contributed by atoms with Crippen LogP contribution >= 0.6 is 0 Å². The Morgan fingerprint density at radius 1 is 1.38 bits per heavy atom. The minimum Gasteiger partial charge on any atom is -0.359 e. The topological polar surface area (TPSA) is 32.7 Å². The van der Waals surface area contributed by atoms with Gasteiger partial charge < -0.3 is 9.94 Å². The molecule has 1 heterocycles. The molecule has 3 nitrogen and oxygen atoms in total. The minimum absolute atomic E-state index is 0.0538. The van der Waals surface area contributed by atoms with Crippen LogP contribution in [-0.2, 0) is 4.74 Å². The maximum Gasteiger partial charge on any atom is 0.138 e. The van der Waals surface area contributed by atoms with Gasteiger partial charge in [-0.1, -0.05) is 6.42 Å². The van der Waals surface area contributed by atoms with Crippen molar-refractivity contribution in [2.45, 2.75) is 51.3 Å². The summed E-state index contributed by atoms with van der Waals surface area (Å²) in [6.07, 6.45) is 3.47. The molecule has 3 heteroatoms. The first kappa shape index (κ1) is 9.44. The van der Waals surface area contributed by atoms with E-state index in [0.29, 0.717) is 5.92 Å². The second-order valence-corrected chi connectivity index (χ2v) is 5.02. The van der Waals surface area contributed by atoms with E-state index in [-0.39, 0.29) is 5.54 Å². The van der Waals surface area contributed by atoms with Gasteiger partial charge in [0.2, 0.25) is 0 Å². The lowest BCUT2D eigenvalue weighted by Gasteiger charge is -2.51. The molecule has 0 unspecified atom stereocenters. The Balaban J connectivity index is 2.26. The van der Waals surface area contributed by atoms with Gasteiger partial charge >= 0.3 is 0 Å². The summed E-state index contributed by atoms with van der Waals surface area (Å²) in [5.74, 6) is 0.505. The van der Waals surface area contributed by atoms with Crippen LogP contribution in [0.15, 0.2) is 0 Å². The SMILES string of the molecule is CC1(C)OC[C@H]2CCC[C@@]2(C)N1O. The fourth-order valence-electron chi connectivity index (χ4n) is 2.74. The molecule has 76 valence electrons. The van der Waals surface area contributed by atoms with Gasteiger partial charge in [0.25, 0.3) is 0 Å². The number of hydrogen-bond donors (Lipinski definition) is 1. The van der Waals surface area contributed by atoms with Crippen molar-refractivity contribution < 1.29 is 9.94 Å². The number of hydroxylamine groups is 2. The third-order valence-electron chi connectivity index (χ3n) is 3.75. The van der Waals surface area contributed by atoms with Crippen molar-refractivity contribution in [2.24, 2.45) is 5.92 Å². The predicted molar refractivity (Wildman–Crippen MR) is 49.4 cm³/mol. The molecule has 0 amide bonds. The van der Waals surface area contributed by atoms with Gasteiger partial charge in [-0.05, 0) is 33.6 Å². The van der Waals surface area contributed by atoms with Crippen LogP contribution in [0.3, 0.4) is 0 Å². The zero-order chi connectivity index (χ0) is 9.69. The van der Waals surface area contributed by atoms with Gasteiger partial charge in [-0.3, -0.25) is 0 Å². The molecule has 0 radical (unpaired) electrons. The Labute approximate surface area is 79.6 Å². The molecule has 2 aliphatic rings. The molecule has 1 aliphatic heterocycles. The van der Waals surface area contributed by atoms with Crippen molar-refractivity contribution >= 4 is 0 Å². The summed E-state index contributed by atoms with van der Waals surface area (Å²) >= 11 is 0. The first-order valence-electron chi connectivity index (χ1n) is 5.10. The smallest absolute Gasteiger partial charge is 0.138 e. The Kier molecular flexibility index (Phi) is 1.95. The van der Waals surface area contributed by atoms with E-state index in [4.69, 9.17) is 4.74 Å². The van der Waals surface area contributed by atoms with Crippen molar-refractivity contribution in [1.82, 2.24) is 5.06 Å². The zero-order valence-electron chi connectivity index (χ0n) is 8.71. The Bertz CT molecular complexity index is 217. The molecule has 13 heavy (non-hydrogen) atoms. The van der Waals surface area contributed by atoms with Crippen molar-refractivity contribution in [1.29, 1.82) is 0 Å². The van der Waals surface area contributed by atoms with Crippen LogP contribution in [0, 0.1) is 5.92 Å². The first-order valence-corrected chi connectivity index (χ1v) is 5.10. The van der Waals surface area contributed by atoms with Crippen LogP contribution in [0.25, 0.3) is 0 Å². The number of nitrogens with zero attached hydrogens (tertiary/aromatic N) is 1. The van der Waals surface area contributed by atoms with Gasteiger partial charge in [0.1, 0.15) is 5.72 Å². The highest BCUT2D eigenvalue weighted by molar-refractivity contribution is 4.99. The van der Waals surface area contributed by atoms with E-state index in [1.807, 2.05) is 13.8 Å². The Morgan fingerprint density at radius 2 is 2.08 bits per heavy atom. The van der Waals surface area contributed by atoms with Crippen molar-refractivity contribution in [2.75, 3.05) is 6.61 Å². The zero-order valence-corrected chi connectivity index (χ0v) is 8.71. The summed E-state index contributed by atoms with van der Waals surface area (Å²) in [6.45, 7) is 6.79. The summed E-state index contributed by atoms with van der Waals surface area (Å²) in [5, 5.41) is 11.5. The summed E-state index contributed by atoms with van der Waals surface area (Å²) in [4.78, 5) is 0. The van der Waals surface area contributed by atoms with E-state index in [1.165, 1.54) is 17.9 Å². The molecule has 1 saturated heterocycles. The largest absolute Gasteiger partial charge is 0.359 e. The second-order valence-electron chi connectivity index (χ2n) is 5.02. The fourth-order valence-corrected chi connectivity index (χ4v) is 2.74. The van der Waals surface area contributed by atoms with E-state index in [1.54, 1.807) is 0 Å². The van der Waals surface area contributed by atoms with Crippen molar-refractivity contribution in [3.63, 3.8) is 0 Å². The monoisotopic (exact) mass is 185 g/mol. The van der Waals surface area contributed by atoms with E-state index in [9.17, 15) is 5.21 Å². The first-order chi connectivity index (χ1) is 5.97. The van der Waals surface area contributed by atoms with Crippen LogP contribution in [0.2, 0.25) is 0 Å². The highest BCUT2D eigenvalue weighted by atomic mass is 16.6. The predicted octanol–water partition coefficient (Wildman–Crippen LogP) is 2.00. The molecule has 0 bridgehead atoms. The van der Waals surface area contributed by atoms with Crippen LogP contribution in [-0.4, -0.2) is 28.1 Å². The van der Waals surface area contributed by atoms with Crippen molar-refractivity contribution in [3.8, 4) is 0 Å². The molecule has 1 aliphatic carbocycles.